The molecule has 6 nitrogen and oxygen atoms in total. The fourth-order valence-electron chi connectivity index (χ4n) is 4.79. The van der Waals surface area contributed by atoms with E-state index in [0.717, 1.165) is 87.7 Å². The number of hydrogen-bond acceptors (Lipinski definition) is 6. The average Bonchev–Trinajstić information content (AvgIpc) is 3.01. The van der Waals surface area contributed by atoms with Gasteiger partial charge in [-0.05, 0) is 74.5 Å². The normalized spacial score (nSPS) is 11.3. The zero-order chi connectivity index (χ0) is 26.8. The summed E-state index contributed by atoms with van der Waals surface area (Å²) in [6, 6.07) is 24.8. The number of rotatable bonds is 18. The van der Waals surface area contributed by atoms with Crippen molar-refractivity contribution in [3.63, 3.8) is 0 Å². The lowest BCUT2D eigenvalue weighted by atomic mass is 10.1. The van der Waals surface area contributed by atoms with Gasteiger partial charge >= 0.3 is 0 Å². The molecule has 0 radical (unpaired) electrons. The van der Waals surface area contributed by atoms with Crippen LogP contribution in [0.4, 0.5) is 0 Å². The van der Waals surface area contributed by atoms with Gasteiger partial charge in [-0.25, -0.2) is 0 Å². The molecular weight excluding hydrogens is 480 g/mol. The van der Waals surface area contributed by atoms with E-state index in [1.807, 2.05) is 49.1 Å². The van der Waals surface area contributed by atoms with Crippen molar-refractivity contribution >= 4 is 0 Å². The molecule has 0 unspecified atom stereocenters. The van der Waals surface area contributed by atoms with Gasteiger partial charge in [0.1, 0.15) is 0 Å². The Morgan fingerprint density at radius 1 is 0.359 bits per heavy atom. The number of aromatic nitrogens is 4. The Morgan fingerprint density at radius 2 is 0.667 bits per heavy atom. The molecule has 0 bridgehead atoms. The van der Waals surface area contributed by atoms with Gasteiger partial charge < -0.3 is 9.80 Å². The molecule has 0 aliphatic carbocycles. The second kappa shape index (κ2) is 17.2. The van der Waals surface area contributed by atoms with Gasteiger partial charge in [-0.2, -0.15) is 0 Å². The Balaban J connectivity index is 1.23. The Labute approximate surface area is 234 Å². The smallest absolute Gasteiger partial charge is 0.0416 e. The van der Waals surface area contributed by atoms with E-state index in [-0.39, 0.29) is 0 Å². The Hall–Kier alpha value is -3.48. The van der Waals surface area contributed by atoms with Crippen molar-refractivity contribution in [2.24, 2.45) is 0 Å². The summed E-state index contributed by atoms with van der Waals surface area (Å²) in [6.07, 6.45) is 15.1. The van der Waals surface area contributed by atoms with Gasteiger partial charge in [0.15, 0.2) is 0 Å². The quantitative estimate of drug-likeness (QED) is 0.165. The van der Waals surface area contributed by atoms with Crippen LogP contribution >= 0.6 is 0 Å². The minimum Gasteiger partial charge on any atom is -0.303 e. The van der Waals surface area contributed by atoms with E-state index < -0.39 is 0 Å². The van der Waals surface area contributed by atoms with Crippen molar-refractivity contribution in [2.45, 2.75) is 44.9 Å². The Bertz CT molecular complexity index is 962. The molecule has 6 heteroatoms. The summed E-state index contributed by atoms with van der Waals surface area (Å²) in [7, 11) is 0. The van der Waals surface area contributed by atoms with E-state index >= 15 is 0 Å². The van der Waals surface area contributed by atoms with E-state index in [0.29, 0.717) is 0 Å². The van der Waals surface area contributed by atoms with Gasteiger partial charge in [0.05, 0.1) is 0 Å². The third kappa shape index (κ3) is 11.4. The van der Waals surface area contributed by atoms with E-state index in [4.69, 9.17) is 0 Å². The Kier molecular flexibility index (Phi) is 12.6. The van der Waals surface area contributed by atoms with E-state index in [1.54, 1.807) is 0 Å². The fraction of sp³-hybridized carbons (Fsp3) is 0.394. The molecule has 0 N–H and O–H groups in total. The van der Waals surface area contributed by atoms with Gasteiger partial charge in [-0.1, -0.05) is 30.7 Å². The summed E-state index contributed by atoms with van der Waals surface area (Å²) in [5.74, 6) is 0. The van der Waals surface area contributed by atoms with Crippen molar-refractivity contribution in [3.05, 3.63) is 120 Å². The highest BCUT2D eigenvalue weighted by Gasteiger charge is 2.10. The number of hydrogen-bond donors (Lipinski definition) is 0. The number of nitrogens with zero attached hydrogens (tertiary/aromatic N) is 6. The predicted molar refractivity (Wildman–Crippen MR) is 158 cm³/mol. The van der Waals surface area contributed by atoms with Gasteiger partial charge in [-0.15, -0.1) is 0 Å². The molecule has 0 fully saturated rings. The number of unbranched alkanes of at least 4 members (excludes halogenated alkanes) is 2. The van der Waals surface area contributed by atoms with Gasteiger partial charge in [0.25, 0.3) is 0 Å². The minimum atomic E-state index is 0.984. The lowest BCUT2D eigenvalue weighted by Crippen LogP contribution is -2.31. The van der Waals surface area contributed by atoms with Gasteiger partial charge in [0, 0.05) is 99.4 Å². The lowest BCUT2D eigenvalue weighted by Gasteiger charge is -2.24. The van der Waals surface area contributed by atoms with Crippen LogP contribution in [-0.4, -0.2) is 69.0 Å². The van der Waals surface area contributed by atoms with Crippen molar-refractivity contribution in [3.8, 4) is 0 Å². The van der Waals surface area contributed by atoms with Crippen molar-refractivity contribution in [1.29, 1.82) is 0 Å². The fourth-order valence-corrected chi connectivity index (χ4v) is 4.79. The summed E-state index contributed by atoms with van der Waals surface area (Å²) in [6.45, 7) is 6.35. The highest BCUT2D eigenvalue weighted by atomic mass is 15.1. The topological polar surface area (TPSA) is 58.0 Å². The van der Waals surface area contributed by atoms with Crippen LogP contribution in [0.3, 0.4) is 0 Å². The molecule has 39 heavy (non-hydrogen) atoms. The van der Waals surface area contributed by atoms with Crippen LogP contribution in [0.2, 0.25) is 0 Å². The molecule has 0 aliphatic rings. The predicted octanol–water partition coefficient (Wildman–Crippen LogP) is 5.31. The summed E-state index contributed by atoms with van der Waals surface area (Å²) >= 11 is 0. The first-order valence-corrected chi connectivity index (χ1v) is 14.4. The first-order chi connectivity index (χ1) is 19.3. The molecule has 4 aromatic rings. The third-order valence-corrected chi connectivity index (χ3v) is 7.09. The maximum absolute atomic E-state index is 4.52. The largest absolute Gasteiger partial charge is 0.303 e. The summed E-state index contributed by atoms with van der Waals surface area (Å²) < 4.78 is 0. The second-order valence-electron chi connectivity index (χ2n) is 10.0. The van der Waals surface area contributed by atoms with E-state index in [9.17, 15) is 0 Å². The first kappa shape index (κ1) is 28.5. The SMILES string of the molecule is c1ccc(CCN(CCCCCN(CCc2ccccn2)CCc2ccccn2)CCc2ccccn2)nc1. The van der Waals surface area contributed by atoms with Gasteiger partial charge in [0.2, 0.25) is 0 Å². The monoisotopic (exact) mass is 522 g/mol. The van der Waals surface area contributed by atoms with Crippen LogP contribution in [0.5, 0.6) is 0 Å². The molecule has 0 spiro atoms. The Morgan fingerprint density at radius 3 is 0.923 bits per heavy atom. The molecule has 0 amide bonds. The summed E-state index contributed by atoms with van der Waals surface area (Å²) in [5, 5.41) is 0. The van der Waals surface area contributed by atoms with E-state index in [2.05, 4.69) is 78.3 Å². The molecule has 4 aromatic heterocycles. The zero-order valence-electron chi connectivity index (χ0n) is 23.1. The van der Waals surface area contributed by atoms with Crippen LogP contribution in [0.15, 0.2) is 97.6 Å². The zero-order valence-corrected chi connectivity index (χ0v) is 23.1. The molecule has 0 saturated heterocycles. The van der Waals surface area contributed by atoms with Crippen LogP contribution in [0, 0.1) is 0 Å². The first-order valence-electron chi connectivity index (χ1n) is 14.4. The van der Waals surface area contributed by atoms with Crippen molar-refractivity contribution < 1.29 is 0 Å². The number of pyridine rings is 4. The summed E-state index contributed by atoms with van der Waals surface area (Å²) in [4.78, 5) is 23.3. The second-order valence-corrected chi connectivity index (χ2v) is 10.0. The minimum absolute atomic E-state index is 0.984. The maximum Gasteiger partial charge on any atom is 0.0416 e. The van der Waals surface area contributed by atoms with Crippen LogP contribution in [-0.2, 0) is 25.7 Å². The molecule has 4 heterocycles. The molecule has 0 atom stereocenters. The van der Waals surface area contributed by atoms with Crippen molar-refractivity contribution in [1.82, 2.24) is 29.7 Å². The molecule has 0 aromatic carbocycles. The van der Waals surface area contributed by atoms with Gasteiger partial charge in [-0.3, -0.25) is 19.9 Å². The highest BCUT2D eigenvalue weighted by Crippen LogP contribution is 2.08. The lowest BCUT2D eigenvalue weighted by molar-refractivity contribution is 0.254. The third-order valence-electron chi connectivity index (χ3n) is 7.09. The van der Waals surface area contributed by atoms with Crippen molar-refractivity contribution in [2.75, 3.05) is 39.3 Å². The molecule has 4 rings (SSSR count). The molecule has 204 valence electrons. The van der Waals surface area contributed by atoms with E-state index in [1.165, 1.54) is 19.3 Å². The molecule has 0 aliphatic heterocycles. The standard InChI is InChI=1S/C33H42N6/c1(10-24-38(26-16-30-12-2-6-20-34-30)27-17-31-13-3-7-21-35-31)11-25-39(28-18-32-14-4-8-22-36-32)29-19-33-15-5-9-23-37-33/h2-9,12-15,20-23H,1,10-11,16-19,24-29H2. The van der Waals surface area contributed by atoms with Crippen LogP contribution < -0.4 is 0 Å². The van der Waals surface area contributed by atoms with Crippen LogP contribution in [0.1, 0.15) is 42.0 Å². The average molecular weight is 523 g/mol. The highest BCUT2D eigenvalue weighted by molar-refractivity contribution is 5.06. The maximum atomic E-state index is 4.52. The van der Waals surface area contributed by atoms with Crippen LogP contribution in [0.25, 0.3) is 0 Å². The molecule has 0 saturated carbocycles. The summed E-state index contributed by atoms with van der Waals surface area (Å²) in [5.41, 5.74) is 4.65. The molecular formula is C33H42N6.